The molecule has 0 amide bonds. The Morgan fingerprint density at radius 3 is 2.59 bits per heavy atom. The van der Waals surface area contributed by atoms with E-state index in [1.807, 2.05) is 19.2 Å². The summed E-state index contributed by atoms with van der Waals surface area (Å²) in [7, 11) is 2.05. The number of rotatable bonds is 3. The van der Waals surface area contributed by atoms with Gasteiger partial charge in [0.1, 0.15) is 5.82 Å². The molecule has 1 saturated carbocycles. The molecule has 17 heavy (non-hydrogen) atoms. The van der Waals surface area contributed by atoms with Crippen LogP contribution in [0, 0.1) is 11.2 Å². The number of halogens is 1. The van der Waals surface area contributed by atoms with Gasteiger partial charge in [-0.15, -0.1) is 0 Å². The smallest absolute Gasteiger partial charge is 0.123 e. The predicted molar refractivity (Wildman–Crippen MR) is 69.6 cm³/mol. The Bertz CT molecular complexity index is 376. The molecule has 0 bridgehead atoms. The van der Waals surface area contributed by atoms with Crippen LogP contribution in [0.1, 0.15) is 26.2 Å². The lowest BCUT2D eigenvalue weighted by Gasteiger charge is -2.34. The van der Waals surface area contributed by atoms with Crippen molar-refractivity contribution in [1.82, 2.24) is 0 Å². The summed E-state index contributed by atoms with van der Waals surface area (Å²) in [5.41, 5.74) is 7.41. The number of nitrogens with zero attached hydrogens (tertiary/aromatic N) is 1. The van der Waals surface area contributed by atoms with Crippen LogP contribution in [-0.4, -0.2) is 19.6 Å². The predicted octanol–water partition coefficient (Wildman–Crippen LogP) is 2.78. The van der Waals surface area contributed by atoms with Gasteiger partial charge < -0.3 is 10.6 Å². The average Bonchev–Trinajstić information content (AvgIpc) is 2.60. The lowest BCUT2D eigenvalue weighted by atomic mass is 9.84. The van der Waals surface area contributed by atoms with E-state index in [-0.39, 0.29) is 17.3 Å². The highest BCUT2D eigenvalue weighted by atomic mass is 19.1. The topological polar surface area (TPSA) is 29.3 Å². The summed E-state index contributed by atoms with van der Waals surface area (Å²) in [6.07, 6.45) is 3.52. The minimum absolute atomic E-state index is 0.184. The summed E-state index contributed by atoms with van der Waals surface area (Å²) >= 11 is 0. The number of benzene rings is 1. The van der Waals surface area contributed by atoms with Gasteiger partial charge in [0.15, 0.2) is 0 Å². The second kappa shape index (κ2) is 4.65. The van der Waals surface area contributed by atoms with Crippen LogP contribution in [0.5, 0.6) is 0 Å². The molecule has 0 heterocycles. The molecule has 1 aromatic rings. The molecule has 2 unspecified atom stereocenters. The van der Waals surface area contributed by atoms with Crippen LogP contribution in [0.15, 0.2) is 24.3 Å². The highest BCUT2D eigenvalue weighted by Crippen LogP contribution is 2.37. The normalized spacial score (nSPS) is 28.4. The molecule has 0 spiro atoms. The van der Waals surface area contributed by atoms with Crippen molar-refractivity contribution in [3.8, 4) is 0 Å². The summed E-state index contributed by atoms with van der Waals surface area (Å²) in [4.78, 5) is 2.17. The molecule has 0 saturated heterocycles. The van der Waals surface area contributed by atoms with Crippen LogP contribution in [0.25, 0.3) is 0 Å². The van der Waals surface area contributed by atoms with Gasteiger partial charge >= 0.3 is 0 Å². The zero-order chi connectivity index (χ0) is 12.5. The fourth-order valence-corrected chi connectivity index (χ4v) is 2.78. The van der Waals surface area contributed by atoms with Crippen molar-refractivity contribution in [2.45, 2.75) is 32.2 Å². The zero-order valence-electron chi connectivity index (χ0n) is 10.6. The summed E-state index contributed by atoms with van der Waals surface area (Å²) in [6, 6.07) is 6.93. The first-order valence-electron chi connectivity index (χ1n) is 6.23. The van der Waals surface area contributed by atoms with E-state index < -0.39 is 0 Å². The Balaban J connectivity index is 2.06. The van der Waals surface area contributed by atoms with Crippen LogP contribution in [0.3, 0.4) is 0 Å². The Kier molecular flexibility index (Phi) is 3.38. The third-order valence-corrected chi connectivity index (χ3v) is 4.02. The molecule has 1 aliphatic rings. The van der Waals surface area contributed by atoms with Crippen molar-refractivity contribution < 1.29 is 4.39 Å². The fourth-order valence-electron chi connectivity index (χ4n) is 2.78. The van der Waals surface area contributed by atoms with Crippen LogP contribution in [-0.2, 0) is 0 Å². The Morgan fingerprint density at radius 1 is 1.41 bits per heavy atom. The van der Waals surface area contributed by atoms with Crippen LogP contribution in [0.4, 0.5) is 10.1 Å². The summed E-state index contributed by atoms with van der Waals surface area (Å²) in [6.45, 7) is 3.19. The van der Waals surface area contributed by atoms with Gasteiger partial charge in [-0.2, -0.15) is 0 Å². The third kappa shape index (κ3) is 2.60. The molecule has 1 aliphatic carbocycles. The lowest BCUT2D eigenvalue weighted by molar-refractivity contribution is 0.301. The van der Waals surface area contributed by atoms with Gasteiger partial charge in [0, 0.05) is 30.7 Å². The summed E-state index contributed by atoms with van der Waals surface area (Å²) in [5, 5.41) is 0. The van der Waals surface area contributed by atoms with Gasteiger partial charge in [-0.1, -0.05) is 13.3 Å². The highest BCUT2D eigenvalue weighted by Gasteiger charge is 2.37. The van der Waals surface area contributed by atoms with Gasteiger partial charge in [-0.05, 0) is 37.1 Å². The lowest BCUT2D eigenvalue weighted by Crippen LogP contribution is -2.43. The average molecular weight is 236 g/mol. The molecule has 2 atom stereocenters. The van der Waals surface area contributed by atoms with Gasteiger partial charge in [-0.3, -0.25) is 0 Å². The van der Waals surface area contributed by atoms with E-state index >= 15 is 0 Å². The van der Waals surface area contributed by atoms with Gasteiger partial charge in [-0.25, -0.2) is 4.39 Å². The maximum Gasteiger partial charge on any atom is 0.123 e. The first-order valence-corrected chi connectivity index (χ1v) is 6.23. The van der Waals surface area contributed by atoms with Crippen molar-refractivity contribution >= 4 is 5.69 Å². The molecule has 0 radical (unpaired) electrons. The van der Waals surface area contributed by atoms with Crippen LogP contribution >= 0.6 is 0 Å². The largest absolute Gasteiger partial charge is 0.374 e. The number of hydrogen-bond donors (Lipinski definition) is 1. The highest BCUT2D eigenvalue weighted by molar-refractivity contribution is 5.45. The fraction of sp³-hybridized carbons (Fsp3) is 0.571. The molecular weight excluding hydrogens is 215 g/mol. The number of anilines is 1. The first-order chi connectivity index (χ1) is 8.01. The van der Waals surface area contributed by atoms with Crippen molar-refractivity contribution in [1.29, 1.82) is 0 Å². The Hall–Kier alpha value is -1.09. The van der Waals surface area contributed by atoms with E-state index in [9.17, 15) is 4.39 Å². The molecule has 94 valence electrons. The zero-order valence-corrected chi connectivity index (χ0v) is 10.6. The first kappa shape index (κ1) is 12.4. The van der Waals surface area contributed by atoms with Crippen molar-refractivity contribution in [2.75, 3.05) is 18.5 Å². The number of hydrogen-bond acceptors (Lipinski definition) is 2. The molecule has 2 rings (SSSR count). The van der Waals surface area contributed by atoms with E-state index in [1.165, 1.54) is 25.0 Å². The molecular formula is C14H21FN2. The van der Waals surface area contributed by atoms with Crippen molar-refractivity contribution in [3.05, 3.63) is 30.1 Å². The summed E-state index contributed by atoms with van der Waals surface area (Å²) < 4.78 is 12.9. The second-order valence-corrected chi connectivity index (χ2v) is 5.49. The minimum atomic E-state index is -0.189. The molecule has 2 nitrogen and oxygen atoms in total. The standard InChI is InChI=1S/C14H21FN2/c1-14(9-3-4-13(14)16)10-17(2)12-7-5-11(15)6-8-12/h5-8,13H,3-4,9-10,16H2,1-2H3. The van der Waals surface area contributed by atoms with E-state index in [4.69, 9.17) is 5.73 Å². The minimum Gasteiger partial charge on any atom is -0.374 e. The van der Waals surface area contributed by atoms with Gasteiger partial charge in [0.05, 0.1) is 0 Å². The number of nitrogens with two attached hydrogens (primary N) is 1. The summed E-state index contributed by atoms with van der Waals surface area (Å²) in [5.74, 6) is -0.189. The quantitative estimate of drug-likeness (QED) is 0.874. The van der Waals surface area contributed by atoms with Gasteiger partial charge in [0.25, 0.3) is 0 Å². The Labute approximate surface area is 103 Å². The molecule has 0 aromatic heterocycles. The maximum atomic E-state index is 12.9. The maximum absolute atomic E-state index is 12.9. The molecule has 1 fully saturated rings. The molecule has 3 heteroatoms. The Morgan fingerprint density at radius 2 is 2.06 bits per heavy atom. The van der Waals surface area contributed by atoms with Gasteiger partial charge in [0.2, 0.25) is 0 Å². The van der Waals surface area contributed by atoms with E-state index in [1.54, 1.807) is 0 Å². The SMILES string of the molecule is CN(CC1(C)CCCC1N)c1ccc(F)cc1. The molecule has 2 N–H and O–H groups in total. The van der Waals surface area contributed by atoms with Crippen molar-refractivity contribution in [3.63, 3.8) is 0 Å². The molecule has 1 aromatic carbocycles. The molecule has 0 aliphatic heterocycles. The van der Waals surface area contributed by atoms with Crippen LogP contribution < -0.4 is 10.6 Å². The van der Waals surface area contributed by atoms with E-state index in [2.05, 4.69) is 11.8 Å². The second-order valence-electron chi connectivity index (χ2n) is 5.49. The van der Waals surface area contributed by atoms with E-state index in [0.717, 1.165) is 18.7 Å². The van der Waals surface area contributed by atoms with Crippen LogP contribution in [0.2, 0.25) is 0 Å². The van der Waals surface area contributed by atoms with Crippen molar-refractivity contribution in [2.24, 2.45) is 11.1 Å². The van der Waals surface area contributed by atoms with E-state index in [0.29, 0.717) is 0 Å². The monoisotopic (exact) mass is 236 g/mol. The third-order valence-electron chi connectivity index (χ3n) is 4.02.